The summed E-state index contributed by atoms with van der Waals surface area (Å²) in [5, 5.41) is 18.2. The van der Waals surface area contributed by atoms with Gasteiger partial charge in [-0.2, -0.15) is 5.10 Å². The Bertz CT molecular complexity index is 787. The fourth-order valence-corrected chi connectivity index (χ4v) is 3.32. The molecule has 112 valence electrons. The van der Waals surface area contributed by atoms with Crippen molar-refractivity contribution in [3.05, 3.63) is 47.2 Å². The smallest absolute Gasteiger partial charge is 0.205 e. The molecule has 0 amide bonds. The van der Waals surface area contributed by atoms with Crippen LogP contribution >= 0.6 is 11.3 Å². The predicted molar refractivity (Wildman–Crippen MR) is 87.9 cm³/mol. The van der Waals surface area contributed by atoms with Crippen LogP contribution in [0, 0.1) is 0 Å². The quantitative estimate of drug-likeness (QED) is 0.784. The van der Waals surface area contributed by atoms with Gasteiger partial charge >= 0.3 is 0 Å². The third-order valence-corrected chi connectivity index (χ3v) is 4.82. The summed E-state index contributed by atoms with van der Waals surface area (Å²) >= 11 is 1.68. The van der Waals surface area contributed by atoms with Crippen LogP contribution in [0.2, 0.25) is 0 Å². The van der Waals surface area contributed by atoms with E-state index < -0.39 is 0 Å². The van der Waals surface area contributed by atoms with E-state index in [0.29, 0.717) is 5.92 Å². The van der Waals surface area contributed by atoms with E-state index in [1.807, 2.05) is 24.1 Å². The molecule has 3 aromatic rings. The van der Waals surface area contributed by atoms with E-state index in [2.05, 4.69) is 44.9 Å². The Morgan fingerprint density at radius 2 is 2.18 bits per heavy atom. The molecule has 1 saturated carbocycles. The van der Waals surface area contributed by atoms with Crippen LogP contribution in [0.5, 0.6) is 0 Å². The molecule has 1 aliphatic rings. The van der Waals surface area contributed by atoms with Gasteiger partial charge in [-0.05, 0) is 30.0 Å². The van der Waals surface area contributed by atoms with Crippen molar-refractivity contribution in [2.24, 2.45) is 7.05 Å². The molecule has 6 heteroatoms. The minimum atomic E-state index is 0.668. The lowest BCUT2D eigenvalue weighted by Gasteiger charge is -2.04. The number of nitrogens with zero attached hydrogens (tertiary/aromatic N) is 4. The number of aromatic nitrogens is 4. The van der Waals surface area contributed by atoms with Crippen LogP contribution in [0.3, 0.4) is 0 Å². The number of nitrogens with one attached hydrogen (secondary N) is 1. The zero-order chi connectivity index (χ0) is 14.9. The zero-order valence-corrected chi connectivity index (χ0v) is 13.2. The molecule has 1 aliphatic carbocycles. The van der Waals surface area contributed by atoms with Gasteiger partial charge in [-0.3, -0.25) is 4.68 Å². The lowest BCUT2D eigenvalue weighted by atomic mass is 10.1. The number of hydrogen-bond acceptors (Lipinski definition) is 5. The van der Waals surface area contributed by atoms with Gasteiger partial charge in [-0.15, -0.1) is 10.2 Å². The normalized spacial score (nSPS) is 14.2. The van der Waals surface area contributed by atoms with E-state index in [0.717, 1.165) is 17.2 Å². The van der Waals surface area contributed by atoms with Gasteiger partial charge < -0.3 is 5.32 Å². The average molecular weight is 311 g/mol. The van der Waals surface area contributed by atoms with E-state index in [9.17, 15) is 0 Å². The molecule has 22 heavy (non-hydrogen) atoms. The topological polar surface area (TPSA) is 55.6 Å². The molecule has 4 rings (SSSR count). The maximum Gasteiger partial charge on any atom is 0.205 e. The number of benzene rings is 1. The number of rotatable bonds is 5. The van der Waals surface area contributed by atoms with Crippen molar-refractivity contribution in [1.82, 2.24) is 20.0 Å². The summed E-state index contributed by atoms with van der Waals surface area (Å²) in [6.07, 6.45) is 6.45. The van der Waals surface area contributed by atoms with Crippen molar-refractivity contribution >= 4 is 16.5 Å². The van der Waals surface area contributed by atoms with E-state index in [-0.39, 0.29) is 0 Å². The summed E-state index contributed by atoms with van der Waals surface area (Å²) in [5.74, 6) is 0.668. The molecule has 0 atom stereocenters. The van der Waals surface area contributed by atoms with E-state index in [1.54, 1.807) is 11.3 Å². The Kier molecular flexibility index (Phi) is 3.38. The fourth-order valence-electron chi connectivity index (χ4n) is 2.41. The highest BCUT2D eigenvalue weighted by Crippen LogP contribution is 2.42. The van der Waals surface area contributed by atoms with Gasteiger partial charge in [-0.25, -0.2) is 0 Å². The second kappa shape index (κ2) is 5.53. The molecule has 5 nitrogen and oxygen atoms in total. The molecule has 0 bridgehead atoms. The van der Waals surface area contributed by atoms with Crippen LogP contribution < -0.4 is 5.32 Å². The first-order valence-corrected chi connectivity index (χ1v) is 8.25. The summed E-state index contributed by atoms with van der Waals surface area (Å²) in [6.45, 7) is 0.757. The van der Waals surface area contributed by atoms with Crippen LogP contribution in [-0.4, -0.2) is 20.0 Å². The molecule has 0 saturated heterocycles. The summed E-state index contributed by atoms with van der Waals surface area (Å²) in [5.41, 5.74) is 3.55. The molecule has 1 N–H and O–H groups in total. The van der Waals surface area contributed by atoms with Crippen molar-refractivity contribution in [2.75, 3.05) is 5.32 Å². The standard InChI is InChI=1S/C16H17N5S/c1-21-10-14(9-18-21)13-4-2-3-11(7-13)8-17-16-20-19-15(22-16)12-5-6-12/h2-4,7,9-10,12H,5-6,8H2,1H3,(H,17,20). The number of hydrogen-bond donors (Lipinski definition) is 1. The third-order valence-electron chi connectivity index (χ3n) is 3.78. The highest BCUT2D eigenvalue weighted by Gasteiger charge is 2.27. The molecule has 0 spiro atoms. The molecule has 2 heterocycles. The maximum absolute atomic E-state index is 4.25. The summed E-state index contributed by atoms with van der Waals surface area (Å²) in [6, 6.07) is 8.49. The number of aryl methyl sites for hydroxylation is 1. The molecule has 1 fully saturated rings. The van der Waals surface area contributed by atoms with E-state index in [4.69, 9.17) is 0 Å². The molecular weight excluding hydrogens is 294 g/mol. The largest absolute Gasteiger partial charge is 0.356 e. The van der Waals surface area contributed by atoms with Crippen LogP contribution in [0.1, 0.15) is 29.3 Å². The Balaban J connectivity index is 1.45. The second-order valence-electron chi connectivity index (χ2n) is 5.68. The van der Waals surface area contributed by atoms with Gasteiger partial charge in [0.25, 0.3) is 0 Å². The fraction of sp³-hybridized carbons (Fsp3) is 0.312. The minimum Gasteiger partial charge on any atom is -0.356 e. The predicted octanol–water partition coefficient (Wildman–Crippen LogP) is 3.43. The van der Waals surface area contributed by atoms with Crippen LogP contribution in [-0.2, 0) is 13.6 Å². The third kappa shape index (κ3) is 2.87. The SMILES string of the molecule is Cn1cc(-c2cccc(CNc3nnc(C4CC4)s3)c2)cn1. The van der Waals surface area contributed by atoms with Gasteiger partial charge in [-0.1, -0.05) is 29.5 Å². The van der Waals surface area contributed by atoms with Crippen LogP contribution in [0.25, 0.3) is 11.1 Å². The van der Waals surface area contributed by atoms with Crippen LogP contribution in [0.15, 0.2) is 36.7 Å². The van der Waals surface area contributed by atoms with Crippen molar-refractivity contribution in [3.63, 3.8) is 0 Å². The first kappa shape index (κ1) is 13.5. The van der Waals surface area contributed by atoms with Gasteiger partial charge in [0.15, 0.2) is 0 Å². The average Bonchev–Trinajstić information content (AvgIpc) is 3.12. The summed E-state index contributed by atoms with van der Waals surface area (Å²) < 4.78 is 1.82. The molecule has 2 aromatic heterocycles. The Morgan fingerprint density at radius 1 is 1.27 bits per heavy atom. The molecule has 0 unspecified atom stereocenters. The Labute approximate surface area is 133 Å². The van der Waals surface area contributed by atoms with Gasteiger partial charge in [0.2, 0.25) is 5.13 Å². The van der Waals surface area contributed by atoms with Gasteiger partial charge in [0.1, 0.15) is 5.01 Å². The first-order chi connectivity index (χ1) is 10.8. The number of anilines is 1. The zero-order valence-electron chi connectivity index (χ0n) is 12.4. The Morgan fingerprint density at radius 3 is 2.95 bits per heavy atom. The molecule has 0 aliphatic heterocycles. The second-order valence-corrected chi connectivity index (χ2v) is 6.69. The molecule has 0 radical (unpaired) electrons. The monoisotopic (exact) mass is 311 g/mol. The molecule has 1 aromatic carbocycles. The van der Waals surface area contributed by atoms with Gasteiger partial charge in [0.05, 0.1) is 6.20 Å². The Hall–Kier alpha value is -2.21. The lowest BCUT2D eigenvalue weighted by molar-refractivity contribution is 0.768. The summed E-state index contributed by atoms with van der Waals surface area (Å²) in [4.78, 5) is 0. The van der Waals surface area contributed by atoms with Crippen LogP contribution in [0.4, 0.5) is 5.13 Å². The first-order valence-electron chi connectivity index (χ1n) is 7.43. The van der Waals surface area contributed by atoms with E-state index >= 15 is 0 Å². The van der Waals surface area contributed by atoms with Crippen molar-refractivity contribution < 1.29 is 0 Å². The van der Waals surface area contributed by atoms with Crippen molar-refractivity contribution in [1.29, 1.82) is 0 Å². The molecular formula is C16H17N5S. The maximum atomic E-state index is 4.25. The van der Waals surface area contributed by atoms with Gasteiger partial charge in [0, 0.05) is 31.3 Å². The summed E-state index contributed by atoms with van der Waals surface area (Å²) in [7, 11) is 1.93. The lowest BCUT2D eigenvalue weighted by Crippen LogP contribution is -1.98. The van der Waals surface area contributed by atoms with Crippen molar-refractivity contribution in [3.8, 4) is 11.1 Å². The van der Waals surface area contributed by atoms with E-state index in [1.165, 1.54) is 29.0 Å². The minimum absolute atomic E-state index is 0.668. The highest BCUT2D eigenvalue weighted by molar-refractivity contribution is 7.15. The van der Waals surface area contributed by atoms with Crippen molar-refractivity contribution in [2.45, 2.75) is 25.3 Å². The highest BCUT2D eigenvalue weighted by atomic mass is 32.1.